The predicted octanol–water partition coefficient (Wildman–Crippen LogP) is 7.50. The molecule has 0 radical (unpaired) electrons. The Morgan fingerprint density at radius 2 is 1.03 bits per heavy atom. The lowest BCUT2D eigenvalue weighted by molar-refractivity contribution is -0.119. The van der Waals surface area contributed by atoms with Crippen LogP contribution in [0.4, 0.5) is 17.8 Å². The third-order valence-corrected chi connectivity index (χ3v) is 21.8. The Kier molecular flexibility index (Phi) is 32.8. The van der Waals surface area contributed by atoms with E-state index in [2.05, 4.69) is 131 Å². The molecule has 37 nitrogen and oxygen atoms in total. The van der Waals surface area contributed by atoms with E-state index in [-0.39, 0.29) is 100 Å². The van der Waals surface area contributed by atoms with Crippen LogP contribution in [0.5, 0.6) is 0 Å². The molecule has 0 aromatic carbocycles. The third kappa shape index (κ3) is 22.8. The molecule has 9 rings (SSSR count). The number of anilines is 3. The summed E-state index contributed by atoms with van der Waals surface area (Å²) in [4.78, 5) is 96.9. The molecule has 0 aliphatic carbocycles. The Morgan fingerprint density at radius 3 is 1.40 bits per heavy atom. The summed E-state index contributed by atoms with van der Waals surface area (Å²) in [5.74, 6) is -1.54. The molecule has 108 heavy (non-hydrogen) atoms. The minimum absolute atomic E-state index is 0.00241. The number of aromatic amines is 3. The number of alkyl halides is 1. The van der Waals surface area contributed by atoms with E-state index in [0.29, 0.717) is 42.1 Å². The highest BCUT2D eigenvalue weighted by Gasteiger charge is 2.50. The fourth-order valence-corrected chi connectivity index (χ4v) is 15.9. The molecule has 0 saturated carbocycles. The maximum atomic E-state index is 12.8. The number of aromatic nitrogens is 12. The molecule has 0 spiro atoms. The molecule has 0 bridgehead atoms. The van der Waals surface area contributed by atoms with Gasteiger partial charge in [-0.25, -0.2) is 35.5 Å². The first-order chi connectivity index (χ1) is 53.6. The quantitative estimate of drug-likeness (QED) is 0.00692. The number of halogens is 1. The van der Waals surface area contributed by atoms with Gasteiger partial charge in [0.25, 0.3) is 25.2 Å². The first-order valence-electron chi connectivity index (χ1n) is 38.7. The van der Waals surface area contributed by atoms with Crippen LogP contribution in [0.25, 0.3) is 38.3 Å². The fraction of sp³-hybridized carbons (Fsp3) is 0.721. The number of aliphatic hydroxyl groups excluding tert-OH is 2. The van der Waals surface area contributed by atoms with Crippen molar-refractivity contribution in [3.63, 3.8) is 0 Å². The molecule has 3 fully saturated rings. The highest BCUT2D eigenvalue weighted by Crippen LogP contribution is 2.52. The number of imidazole rings is 3. The second kappa shape index (κ2) is 43.5. The minimum atomic E-state index is -2.79. The van der Waals surface area contributed by atoms with E-state index in [9.17, 15) is 39.3 Å². The number of fused-ring (bicyclic) bond motifs is 3. The fourth-order valence-electron chi connectivity index (χ4n) is 11.9. The molecular formula is C68H113IN20O17P2. The number of methoxy groups -OCH3 is 3. The van der Waals surface area contributed by atoms with Gasteiger partial charge in [0.1, 0.15) is 49.3 Å². The number of nitrogens with two attached hydrogens (primary N) is 1. The zero-order valence-electron chi connectivity index (χ0n) is 72.0. The van der Waals surface area contributed by atoms with Crippen molar-refractivity contribution in [2.45, 2.75) is 254 Å². The molecule has 6 aromatic rings. The molecule has 13 atom stereocenters. The van der Waals surface area contributed by atoms with Crippen LogP contribution in [-0.4, -0.2) is 243 Å². The molecule has 2 amide bonds. The Bertz CT molecular complexity index is 4330. The maximum absolute atomic E-state index is 12.8. The monoisotopic (exact) mass is 1680 g/mol. The summed E-state index contributed by atoms with van der Waals surface area (Å²) in [5.41, 5.74) is 4.20. The van der Waals surface area contributed by atoms with Crippen molar-refractivity contribution in [1.82, 2.24) is 72.6 Å². The zero-order chi connectivity index (χ0) is 87.0. The first kappa shape index (κ1) is 81.3. The van der Waals surface area contributed by atoms with E-state index in [1.807, 2.05) is 55.0 Å². The SMILES string of the molecule is CC(C)N(C(C)C)P(OCCC#N)N(C(C)C)C(C)C.[2H]C([2H])(C)[C@H]1O[C@@H](n2cnc3c(=O)[nH]c(NC(=O)C(C)C)nc32)C(OC)[C@H]1O.[2H]C([2H])(C)[C@H]1O[C@@H](n2cnc3c(=O)[nH]c(NC(=O)C(C)C)nc32)C(OC)[C@H]1OP(OCC[N+]#[C-])N(C(C)C)C(C)C.[2H]C([2H])(O)[C@H]1O[C@@H](n2cnc3c(=O)[nH]c(N)nc32)C(OC)[C@H]1O.[2H]CI. The first-order valence-corrected chi connectivity index (χ1v) is 38.8. The number of nitriles is 1. The van der Waals surface area contributed by atoms with Gasteiger partial charge < -0.3 is 67.9 Å². The molecule has 9 heterocycles. The van der Waals surface area contributed by atoms with Gasteiger partial charge in [-0.15, -0.1) is 0 Å². The second-order valence-corrected chi connectivity index (χ2v) is 30.0. The van der Waals surface area contributed by atoms with Crippen LogP contribution >= 0.6 is 39.6 Å². The average molecular weight is 1680 g/mol. The largest absolute Gasteiger partial charge is 0.394 e. The summed E-state index contributed by atoms with van der Waals surface area (Å²) in [7, 11) is 1.54. The van der Waals surface area contributed by atoms with Crippen LogP contribution in [0, 0.1) is 29.7 Å². The molecule has 3 aliphatic heterocycles. The predicted molar refractivity (Wildman–Crippen MR) is 418 cm³/mol. The maximum Gasteiger partial charge on any atom is 0.280 e. The zero-order valence-corrected chi connectivity index (χ0v) is 68.9. The Hall–Kier alpha value is -6.24. The van der Waals surface area contributed by atoms with Crippen LogP contribution in [-0.2, 0) is 51.6 Å². The van der Waals surface area contributed by atoms with Crippen LogP contribution in [0.15, 0.2) is 33.4 Å². The van der Waals surface area contributed by atoms with Crippen LogP contribution in [0.3, 0.4) is 0 Å². The van der Waals surface area contributed by atoms with Crippen molar-refractivity contribution < 1.29 is 76.5 Å². The lowest BCUT2D eigenvalue weighted by atomic mass is 10.1. The average Bonchev–Trinajstić information content (AvgIpc) is 1.61. The van der Waals surface area contributed by atoms with Crippen molar-refractivity contribution >= 4 is 103 Å². The number of amides is 2. The lowest BCUT2D eigenvalue weighted by Crippen LogP contribution is -2.43. The highest BCUT2D eigenvalue weighted by molar-refractivity contribution is 14.1. The van der Waals surface area contributed by atoms with Gasteiger partial charge in [0.05, 0.1) is 59.6 Å². The normalized spacial score (nSPS) is 23.8. The van der Waals surface area contributed by atoms with Crippen molar-refractivity contribution in [3.8, 4) is 6.07 Å². The number of nitrogens with zero attached hydrogens (tertiary/aromatic N) is 14. The molecule has 40 heteroatoms. The second-order valence-electron chi connectivity index (χ2n) is 26.9. The van der Waals surface area contributed by atoms with E-state index < -0.39 is 127 Å². The summed E-state index contributed by atoms with van der Waals surface area (Å²) in [6, 6.07) is 3.90. The number of carbonyl (C=O) groups excluding carboxylic acids is 2. The van der Waals surface area contributed by atoms with E-state index in [1.54, 1.807) is 27.7 Å². The van der Waals surface area contributed by atoms with Crippen LogP contribution in [0.1, 0.15) is 172 Å². The van der Waals surface area contributed by atoms with Gasteiger partial charge in [-0.1, -0.05) is 64.1 Å². The number of nitrogens with one attached hydrogen (secondary N) is 5. The van der Waals surface area contributed by atoms with Crippen molar-refractivity contribution in [3.05, 3.63) is 61.5 Å². The summed E-state index contributed by atoms with van der Waals surface area (Å²) >= 11 is 1.96. The van der Waals surface area contributed by atoms with E-state index in [0.717, 1.165) is 0 Å². The number of ether oxygens (including phenoxy) is 6. The number of hydrogen-bond donors (Lipinski definition) is 9. The van der Waals surface area contributed by atoms with Crippen LogP contribution < -0.4 is 33.0 Å². The van der Waals surface area contributed by atoms with Crippen LogP contribution in [0.2, 0.25) is 0 Å². The van der Waals surface area contributed by atoms with E-state index in [4.69, 9.17) is 69.2 Å². The molecule has 6 aromatic heterocycles. The summed E-state index contributed by atoms with van der Waals surface area (Å²) < 4.78 is 117. The van der Waals surface area contributed by atoms with Gasteiger partial charge in [0.15, 0.2) is 60.6 Å². The molecule has 3 saturated heterocycles. The minimum Gasteiger partial charge on any atom is -0.394 e. The van der Waals surface area contributed by atoms with Gasteiger partial charge in [-0.2, -0.15) is 20.2 Å². The summed E-state index contributed by atoms with van der Waals surface area (Å²) in [6.45, 7) is 40.4. The van der Waals surface area contributed by atoms with Crippen molar-refractivity contribution in [2.75, 3.05) is 68.9 Å². The van der Waals surface area contributed by atoms with Gasteiger partial charge >= 0.3 is 0 Å². The highest BCUT2D eigenvalue weighted by atomic mass is 127. The van der Waals surface area contributed by atoms with Gasteiger partial charge in [0, 0.05) is 76.3 Å². The molecule has 604 valence electrons. The van der Waals surface area contributed by atoms with Crippen molar-refractivity contribution in [2.24, 2.45) is 11.8 Å². The third-order valence-electron chi connectivity index (χ3n) is 16.6. The molecule has 4 unspecified atom stereocenters. The summed E-state index contributed by atoms with van der Waals surface area (Å²) in [6.07, 6.45) is -12.6. The number of hydrogen-bond acceptors (Lipinski definition) is 28. The molecular weight excluding hydrogens is 1560 g/mol. The number of carbonyl (C=O) groups is 2. The van der Waals surface area contributed by atoms with Gasteiger partial charge in [-0.05, 0) is 101 Å². The van der Waals surface area contributed by atoms with Gasteiger partial charge in [0.2, 0.25) is 36.2 Å². The number of rotatable bonds is 30. The molecule has 3 aliphatic rings. The van der Waals surface area contributed by atoms with Gasteiger partial charge in [-0.3, -0.25) is 63.3 Å². The number of aliphatic hydroxyl groups is 3. The number of nitrogen functional groups attached to an aromatic ring is 1. The summed E-state index contributed by atoms with van der Waals surface area (Å²) in [5, 5.41) is 43.9. The van der Waals surface area contributed by atoms with E-state index in [1.165, 1.54) is 67.9 Å². The smallest absolute Gasteiger partial charge is 0.280 e. The number of H-pyrrole nitrogens is 3. The lowest BCUT2D eigenvalue weighted by Gasteiger charge is -2.45. The topological polar surface area (TPSA) is 457 Å². The standard InChI is InChI=1S/C25H40N7O6P.C16H23N5O5.C15H32N3OP.C11H15N5O5.CH3I/c1-10-17-19(38-39(36-12-11-26-8)32(15(4)5)16(6)7)20(35-9)24(37-17)31-13-27-18-21(31)28-25(30-23(18)34)29-22(33)14(2)3;1-5-8-10(22)11(25-4)15(26-8)21-6-17-9-12(21)18-16(20-14(9)24)19-13(23)7(2)3;1-12(2)17(13(3)4)20(19-11-9-10-16)18(14(5)6)15(7)8;1-20-7-6(18)4(2-17)21-10(7)16-3-13-5-8(16)14-11(12)15-9(5)19;1-2/h13-17,19-20,24H,10-12H2,1-7,9H3,(H2,28,29,30,33,34);6-8,10-11,15,22H,5H2,1-4H3,(H2,18,19,20,23,24);12-15H,9,11H2,1-8H3;3-4,6-7,10,17-18H,2H2,1H3,(H3,12,14,15,19);1H3/t17-,19+,20?,24-,39?;8-,10+,11?,15-;;4-,6+,7?,10-;/m11.1./s1/i10D2;5D2;;2D2;1D. The Labute approximate surface area is 656 Å². The Morgan fingerprint density at radius 1 is 0.648 bits per heavy atom. The Balaban J connectivity index is 0.000000281. The van der Waals surface area contributed by atoms with Crippen molar-refractivity contribution in [1.29, 1.82) is 5.26 Å². The molecule has 10 N–H and O–H groups in total. The van der Waals surface area contributed by atoms with E-state index >= 15 is 0 Å².